The third-order valence-electron chi connectivity index (χ3n) is 8.60. The molecule has 0 radical (unpaired) electrons. The molecule has 0 atom stereocenters. The summed E-state index contributed by atoms with van der Waals surface area (Å²) in [5.74, 6) is -0.741. The number of aryl methyl sites for hydroxylation is 1. The van der Waals surface area contributed by atoms with Crippen molar-refractivity contribution in [3.8, 4) is 5.75 Å². The summed E-state index contributed by atoms with van der Waals surface area (Å²) in [6.07, 6.45) is 4.84. The lowest BCUT2D eigenvalue weighted by Crippen LogP contribution is -2.46. The molecule has 14 heteroatoms. The van der Waals surface area contributed by atoms with Crippen molar-refractivity contribution >= 4 is 50.6 Å². The molecule has 2 aromatic carbocycles. The molecule has 3 aliphatic rings. The Morgan fingerprint density at radius 2 is 1.86 bits per heavy atom. The van der Waals surface area contributed by atoms with Crippen molar-refractivity contribution in [2.45, 2.75) is 43.3 Å². The smallest absolute Gasteiger partial charge is 0.270 e. The molecule has 228 valence electrons. The highest BCUT2D eigenvalue weighted by Crippen LogP contribution is 2.46. The van der Waals surface area contributed by atoms with Crippen LogP contribution in [-0.4, -0.2) is 64.7 Å². The zero-order valence-corrected chi connectivity index (χ0v) is 25.2. The number of nitrogens with one attached hydrogen (secondary N) is 2. The van der Waals surface area contributed by atoms with Gasteiger partial charge in [-0.3, -0.25) is 9.59 Å². The maximum atomic E-state index is 14.0. The maximum absolute atomic E-state index is 14.0. The molecule has 4 heterocycles. The van der Waals surface area contributed by atoms with Gasteiger partial charge in [-0.1, -0.05) is 23.7 Å². The molecule has 2 fully saturated rings. The molecule has 1 spiro atoms. The van der Waals surface area contributed by atoms with Crippen LogP contribution in [0.2, 0.25) is 5.02 Å². The Morgan fingerprint density at radius 3 is 2.61 bits per heavy atom. The normalized spacial score (nSPS) is 17.4. The van der Waals surface area contributed by atoms with Crippen molar-refractivity contribution in [1.82, 2.24) is 24.2 Å². The molecular formula is C30H28ClFN6O5S. The van der Waals surface area contributed by atoms with Crippen LogP contribution in [0, 0.1) is 12.7 Å². The van der Waals surface area contributed by atoms with Crippen LogP contribution in [0.25, 0.3) is 5.65 Å². The summed E-state index contributed by atoms with van der Waals surface area (Å²) in [6.45, 7) is 3.17. The number of halogens is 2. The molecule has 44 heavy (non-hydrogen) atoms. The van der Waals surface area contributed by atoms with Gasteiger partial charge < -0.3 is 15.0 Å². The van der Waals surface area contributed by atoms with Gasteiger partial charge in [0.1, 0.15) is 28.5 Å². The van der Waals surface area contributed by atoms with E-state index in [0.717, 1.165) is 11.1 Å². The molecule has 2 amide bonds. The van der Waals surface area contributed by atoms with Gasteiger partial charge in [0.15, 0.2) is 5.65 Å². The van der Waals surface area contributed by atoms with Gasteiger partial charge in [0.05, 0.1) is 28.8 Å². The number of anilines is 2. The highest BCUT2D eigenvalue weighted by molar-refractivity contribution is 7.91. The van der Waals surface area contributed by atoms with E-state index in [2.05, 4.69) is 20.1 Å². The number of carbonyl (C=O) groups is 2. The number of rotatable bonds is 6. The van der Waals surface area contributed by atoms with Gasteiger partial charge in [-0.15, -0.1) is 0 Å². The fourth-order valence-corrected chi connectivity index (χ4v) is 7.40. The van der Waals surface area contributed by atoms with Crippen LogP contribution < -0.4 is 14.8 Å². The SMILES string of the molecule is Cc1ccc(Cl)c(Nc2c(C(=O)N3CCC4(CC3)COc3cc(F)ccc34)cnc3c(C(=O)NS(=O)(=O)C4CC4)cnn23)c1. The van der Waals surface area contributed by atoms with Crippen molar-refractivity contribution in [2.75, 3.05) is 25.0 Å². The standard InChI is InChI=1S/C30H28ClFN6O5S/c1-17-2-7-23(31)24(12-17)35-27-21(14-33-26-20(15-34-38(26)27)28(39)36-44(41,42)19-4-5-19)29(40)37-10-8-30(9-11-37)16-43-25-13-18(32)3-6-22(25)30/h2-3,6-7,12-15,19,35H,4-5,8-11,16H2,1H3,(H,36,39). The first kappa shape index (κ1) is 28.5. The van der Waals surface area contributed by atoms with E-state index in [4.69, 9.17) is 16.3 Å². The molecule has 0 unspecified atom stereocenters. The van der Waals surface area contributed by atoms with Crippen molar-refractivity contribution in [3.05, 3.63) is 81.9 Å². The summed E-state index contributed by atoms with van der Waals surface area (Å²) < 4.78 is 47.9. The van der Waals surface area contributed by atoms with E-state index in [0.29, 0.717) is 61.8 Å². The summed E-state index contributed by atoms with van der Waals surface area (Å²) in [7, 11) is -3.80. The van der Waals surface area contributed by atoms with Crippen LogP contribution in [-0.2, 0) is 15.4 Å². The van der Waals surface area contributed by atoms with Gasteiger partial charge in [-0.2, -0.15) is 9.61 Å². The number of aromatic nitrogens is 3. The average Bonchev–Trinajstić information content (AvgIpc) is 3.70. The molecule has 2 aromatic heterocycles. The quantitative estimate of drug-likeness (QED) is 0.318. The number of fused-ring (bicyclic) bond motifs is 3. The van der Waals surface area contributed by atoms with Crippen LogP contribution >= 0.6 is 11.6 Å². The number of benzene rings is 2. The summed E-state index contributed by atoms with van der Waals surface area (Å²) in [4.78, 5) is 33.2. The minimum atomic E-state index is -3.80. The Kier molecular flexibility index (Phi) is 6.77. The molecule has 7 rings (SSSR count). The van der Waals surface area contributed by atoms with Gasteiger partial charge in [-0.25, -0.2) is 22.5 Å². The first-order chi connectivity index (χ1) is 21.0. The van der Waals surface area contributed by atoms with Gasteiger partial charge in [0.25, 0.3) is 11.8 Å². The predicted octanol–water partition coefficient (Wildman–Crippen LogP) is 4.36. The Labute approximate surface area is 257 Å². The molecule has 0 bridgehead atoms. The van der Waals surface area contributed by atoms with E-state index in [-0.39, 0.29) is 39.7 Å². The largest absolute Gasteiger partial charge is 0.492 e. The van der Waals surface area contributed by atoms with E-state index in [1.165, 1.54) is 29.0 Å². The molecule has 2 N–H and O–H groups in total. The second-order valence-electron chi connectivity index (χ2n) is 11.6. The Balaban J connectivity index is 1.22. The van der Waals surface area contributed by atoms with Gasteiger partial charge in [0.2, 0.25) is 10.0 Å². The van der Waals surface area contributed by atoms with Crippen molar-refractivity contribution < 1.29 is 27.1 Å². The maximum Gasteiger partial charge on any atom is 0.270 e. The van der Waals surface area contributed by atoms with E-state index in [1.54, 1.807) is 17.0 Å². The number of likely N-dealkylation sites (tertiary alicyclic amines) is 1. The van der Waals surface area contributed by atoms with Crippen LogP contribution in [0.1, 0.15) is 57.5 Å². The monoisotopic (exact) mass is 638 g/mol. The van der Waals surface area contributed by atoms with Crippen molar-refractivity contribution in [1.29, 1.82) is 0 Å². The van der Waals surface area contributed by atoms with Crippen LogP contribution in [0.4, 0.5) is 15.9 Å². The molecule has 1 saturated carbocycles. The molecular weight excluding hydrogens is 611 g/mol. The number of nitrogens with zero attached hydrogens (tertiary/aromatic N) is 4. The Morgan fingerprint density at radius 1 is 1.09 bits per heavy atom. The first-order valence-electron chi connectivity index (χ1n) is 14.2. The number of hydrogen-bond donors (Lipinski definition) is 2. The third kappa shape index (κ3) is 4.93. The summed E-state index contributed by atoms with van der Waals surface area (Å²) in [5, 5.41) is 7.36. The van der Waals surface area contributed by atoms with Crippen LogP contribution in [0.15, 0.2) is 48.8 Å². The summed E-state index contributed by atoms with van der Waals surface area (Å²) in [6, 6.07) is 9.98. The van der Waals surface area contributed by atoms with E-state index < -0.39 is 21.2 Å². The fraction of sp³-hybridized carbons (Fsp3) is 0.333. The van der Waals surface area contributed by atoms with Gasteiger partial charge >= 0.3 is 0 Å². The predicted molar refractivity (Wildman–Crippen MR) is 161 cm³/mol. The number of ether oxygens (including phenoxy) is 1. The first-order valence-corrected chi connectivity index (χ1v) is 16.2. The van der Waals surface area contributed by atoms with E-state index in [9.17, 15) is 22.4 Å². The topological polar surface area (TPSA) is 135 Å². The zero-order valence-electron chi connectivity index (χ0n) is 23.6. The Bertz CT molecular complexity index is 1950. The molecule has 1 aliphatic carbocycles. The van der Waals surface area contributed by atoms with Crippen molar-refractivity contribution in [3.63, 3.8) is 0 Å². The van der Waals surface area contributed by atoms with E-state index >= 15 is 0 Å². The highest BCUT2D eigenvalue weighted by Gasteiger charge is 2.44. The number of hydrogen-bond acceptors (Lipinski definition) is 8. The molecule has 4 aromatic rings. The number of amides is 2. The van der Waals surface area contributed by atoms with E-state index in [1.807, 2.05) is 19.1 Å². The summed E-state index contributed by atoms with van der Waals surface area (Å²) >= 11 is 6.49. The minimum absolute atomic E-state index is 0.0529. The lowest BCUT2D eigenvalue weighted by molar-refractivity contribution is 0.0646. The fourth-order valence-electron chi connectivity index (χ4n) is 5.95. The number of sulfonamides is 1. The number of carbonyl (C=O) groups excluding carboxylic acids is 2. The number of piperidine rings is 1. The second kappa shape index (κ2) is 10.4. The molecule has 2 aliphatic heterocycles. The minimum Gasteiger partial charge on any atom is -0.492 e. The van der Waals surface area contributed by atoms with Gasteiger partial charge in [-0.05, 0) is 56.4 Å². The van der Waals surface area contributed by atoms with Crippen LogP contribution in [0.3, 0.4) is 0 Å². The Hall–Kier alpha value is -4.23. The summed E-state index contributed by atoms with van der Waals surface area (Å²) in [5.41, 5.74) is 2.29. The lowest BCUT2D eigenvalue weighted by Gasteiger charge is -2.38. The zero-order chi connectivity index (χ0) is 30.8. The lowest BCUT2D eigenvalue weighted by atomic mass is 9.74. The molecule has 11 nitrogen and oxygen atoms in total. The van der Waals surface area contributed by atoms with Gasteiger partial charge in [0, 0.05) is 36.3 Å². The van der Waals surface area contributed by atoms with Crippen molar-refractivity contribution in [2.24, 2.45) is 0 Å². The molecule has 1 saturated heterocycles. The highest BCUT2D eigenvalue weighted by atomic mass is 35.5. The third-order valence-corrected chi connectivity index (χ3v) is 10.8. The average molecular weight is 639 g/mol. The van der Waals surface area contributed by atoms with Crippen LogP contribution in [0.5, 0.6) is 5.75 Å². The second-order valence-corrected chi connectivity index (χ2v) is 14.0.